The summed E-state index contributed by atoms with van der Waals surface area (Å²) in [6.45, 7) is 0.898. The van der Waals surface area contributed by atoms with Crippen LogP contribution in [0.15, 0.2) is 36.8 Å². The Hall–Kier alpha value is -3.33. The Balaban J connectivity index is 1.59. The lowest BCUT2D eigenvalue weighted by atomic mass is 10.1. The number of rotatable bonds is 5. The second-order valence-electron chi connectivity index (χ2n) is 6.46. The third-order valence-corrected chi connectivity index (χ3v) is 4.81. The molecule has 0 radical (unpaired) electrons. The van der Waals surface area contributed by atoms with Gasteiger partial charge in [0.15, 0.2) is 0 Å². The predicted molar refractivity (Wildman–Crippen MR) is 104 cm³/mol. The molecule has 3 heterocycles. The highest BCUT2D eigenvalue weighted by atomic mass is 16.5. The SMILES string of the molecule is CNC1CCCN1c1ncc(-c2ccc(-c3cc(OC)ncn3)cc2O)nn1. The van der Waals surface area contributed by atoms with Crippen molar-refractivity contribution in [2.24, 2.45) is 0 Å². The van der Waals surface area contributed by atoms with Crippen LogP contribution in [0.4, 0.5) is 5.95 Å². The molecule has 1 aliphatic heterocycles. The fourth-order valence-corrected chi connectivity index (χ4v) is 3.35. The van der Waals surface area contributed by atoms with Crippen LogP contribution in [0.1, 0.15) is 12.8 Å². The van der Waals surface area contributed by atoms with E-state index in [1.165, 1.54) is 6.33 Å². The van der Waals surface area contributed by atoms with E-state index >= 15 is 0 Å². The van der Waals surface area contributed by atoms with E-state index in [0.29, 0.717) is 28.8 Å². The lowest BCUT2D eigenvalue weighted by Gasteiger charge is -2.23. The average Bonchev–Trinajstić information content (AvgIpc) is 3.23. The van der Waals surface area contributed by atoms with Crippen LogP contribution >= 0.6 is 0 Å². The molecule has 1 fully saturated rings. The number of hydrogen-bond donors (Lipinski definition) is 2. The highest BCUT2D eigenvalue weighted by molar-refractivity contribution is 5.72. The molecule has 4 rings (SSSR count). The zero-order valence-corrected chi connectivity index (χ0v) is 15.7. The Kier molecular flexibility index (Phi) is 4.98. The number of phenolic OH excluding ortho intramolecular Hbond substituents is 1. The van der Waals surface area contributed by atoms with E-state index in [1.54, 1.807) is 31.5 Å². The van der Waals surface area contributed by atoms with Crippen molar-refractivity contribution in [2.75, 3.05) is 25.6 Å². The summed E-state index contributed by atoms with van der Waals surface area (Å²) in [6.07, 6.45) is 5.43. The van der Waals surface area contributed by atoms with Crippen LogP contribution in [0, 0.1) is 0 Å². The third-order valence-electron chi connectivity index (χ3n) is 4.81. The molecule has 0 spiro atoms. The van der Waals surface area contributed by atoms with Crippen LogP contribution in [-0.4, -0.2) is 57.1 Å². The van der Waals surface area contributed by atoms with Gasteiger partial charge in [-0.15, -0.1) is 10.2 Å². The zero-order chi connectivity index (χ0) is 19.5. The highest BCUT2D eigenvalue weighted by Crippen LogP contribution is 2.32. The second kappa shape index (κ2) is 7.73. The molecule has 1 unspecified atom stereocenters. The standard InChI is InChI=1S/C19H21N7O2/c1-20-17-4-3-7-26(17)19-21-10-15(24-25-19)13-6-5-12(8-16(13)27)14-9-18(28-2)23-11-22-14/h5-6,8-11,17,20,27H,3-4,7H2,1-2H3. The summed E-state index contributed by atoms with van der Waals surface area (Å²) in [5, 5.41) is 22.3. The molecule has 1 saturated heterocycles. The Labute approximate surface area is 162 Å². The number of phenols is 1. The van der Waals surface area contributed by atoms with Crippen molar-refractivity contribution in [1.29, 1.82) is 0 Å². The number of anilines is 1. The van der Waals surface area contributed by atoms with Crippen molar-refractivity contribution in [1.82, 2.24) is 30.5 Å². The lowest BCUT2D eigenvalue weighted by Crippen LogP contribution is -2.40. The van der Waals surface area contributed by atoms with Gasteiger partial charge in [-0.3, -0.25) is 0 Å². The van der Waals surface area contributed by atoms with Crippen LogP contribution in [0.3, 0.4) is 0 Å². The molecular weight excluding hydrogens is 358 g/mol. The molecular formula is C19H21N7O2. The normalized spacial score (nSPS) is 16.4. The fraction of sp³-hybridized carbons (Fsp3) is 0.316. The molecule has 144 valence electrons. The third kappa shape index (κ3) is 3.44. The number of methoxy groups -OCH3 is 1. The molecule has 1 aromatic carbocycles. The summed E-state index contributed by atoms with van der Waals surface area (Å²) in [4.78, 5) is 14.8. The smallest absolute Gasteiger partial charge is 0.246 e. The first-order valence-corrected chi connectivity index (χ1v) is 9.03. The molecule has 0 amide bonds. The number of nitrogens with zero attached hydrogens (tertiary/aromatic N) is 6. The number of aromatic nitrogens is 5. The van der Waals surface area contributed by atoms with Crippen molar-refractivity contribution in [3.05, 3.63) is 36.8 Å². The van der Waals surface area contributed by atoms with Gasteiger partial charge in [-0.1, -0.05) is 6.07 Å². The van der Waals surface area contributed by atoms with E-state index in [1.807, 2.05) is 13.1 Å². The Morgan fingerprint density at radius 2 is 2.04 bits per heavy atom. The van der Waals surface area contributed by atoms with Gasteiger partial charge in [0, 0.05) is 23.7 Å². The topological polar surface area (TPSA) is 109 Å². The van der Waals surface area contributed by atoms with Crippen LogP contribution in [0.25, 0.3) is 22.5 Å². The van der Waals surface area contributed by atoms with E-state index in [-0.39, 0.29) is 11.9 Å². The minimum atomic E-state index is 0.0770. The first-order valence-electron chi connectivity index (χ1n) is 9.03. The Morgan fingerprint density at radius 1 is 1.14 bits per heavy atom. The number of ether oxygens (including phenoxy) is 1. The van der Waals surface area contributed by atoms with Crippen LogP contribution in [-0.2, 0) is 0 Å². The summed E-state index contributed by atoms with van der Waals surface area (Å²) in [6, 6.07) is 6.96. The van der Waals surface area contributed by atoms with Crippen LogP contribution in [0.2, 0.25) is 0 Å². The summed E-state index contributed by atoms with van der Waals surface area (Å²) in [5.74, 6) is 1.12. The van der Waals surface area contributed by atoms with Crippen molar-refractivity contribution in [2.45, 2.75) is 19.0 Å². The first-order chi connectivity index (χ1) is 13.7. The summed E-state index contributed by atoms with van der Waals surface area (Å²) in [7, 11) is 3.47. The lowest BCUT2D eigenvalue weighted by molar-refractivity contribution is 0.397. The zero-order valence-electron chi connectivity index (χ0n) is 15.7. The molecule has 1 aliphatic rings. The Bertz CT molecular complexity index is 965. The van der Waals surface area contributed by atoms with E-state index in [2.05, 4.69) is 35.4 Å². The van der Waals surface area contributed by atoms with Gasteiger partial charge in [0.1, 0.15) is 17.8 Å². The van der Waals surface area contributed by atoms with E-state index in [0.717, 1.165) is 24.9 Å². The number of hydrogen-bond acceptors (Lipinski definition) is 9. The number of benzene rings is 1. The van der Waals surface area contributed by atoms with E-state index < -0.39 is 0 Å². The molecule has 3 aromatic rings. The van der Waals surface area contributed by atoms with Gasteiger partial charge in [0.25, 0.3) is 0 Å². The van der Waals surface area contributed by atoms with Gasteiger partial charge < -0.3 is 20.1 Å². The van der Waals surface area contributed by atoms with Gasteiger partial charge >= 0.3 is 0 Å². The maximum atomic E-state index is 10.5. The molecule has 1 atom stereocenters. The van der Waals surface area contributed by atoms with Gasteiger partial charge in [-0.25, -0.2) is 15.0 Å². The van der Waals surface area contributed by atoms with Crippen molar-refractivity contribution >= 4 is 5.95 Å². The summed E-state index contributed by atoms with van der Waals surface area (Å²) < 4.78 is 5.12. The van der Waals surface area contributed by atoms with Gasteiger partial charge in [-0.05, 0) is 32.0 Å². The summed E-state index contributed by atoms with van der Waals surface area (Å²) >= 11 is 0. The number of nitrogens with one attached hydrogen (secondary N) is 1. The molecule has 9 heteroatoms. The molecule has 0 aliphatic carbocycles. The van der Waals surface area contributed by atoms with Gasteiger partial charge in [-0.2, -0.15) is 0 Å². The monoisotopic (exact) mass is 379 g/mol. The molecule has 9 nitrogen and oxygen atoms in total. The Morgan fingerprint density at radius 3 is 2.75 bits per heavy atom. The molecule has 28 heavy (non-hydrogen) atoms. The van der Waals surface area contributed by atoms with Crippen LogP contribution < -0.4 is 15.0 Å². The highest BCUT2D eigenvalue weighted by Gasteiger charge is 2.25. The van der Waals surface area contributed by atoms with E-state index in [9.17, 15) is 5.11 Å². The van der Waals surface area contributed by atoms with Crippen molar-refractivity contribution in [3.63, 3.8) is 0 Å². The first kappa shape index (κ1) is 18.1. The van der Waals surface area contributed by atoms with Crippen molar-refractivity contribution in [3.8, 4) is 34.1 Å². The number of aromatic hydroxyl groups is 1. The van der Waals surface area contributed by atoms with Gasteiger partial charge in [0.05, 0.1) is 25.2 Å². The predicted octanol–water partition coefficient (Wildman–Crippen LogP) is 1.86. The summed E-state index contributed by atoms with van der Waals surface area (Å²) in [5.41, 5.74) is 2.46. The maximum Gasteiger partial charge on any atom is 0.246 e. The quantitative estimate of drug-likeness (QED) is 0.686. The molecule has 0 saturated carbocycles. The molecule has 0 bridgehead atoms. The maximum absolute atomic E-state index is 10.5. The largest absolute Gasteiger partial charge is 0.507 e. The average molecular weight is 379 g/mol. The minimum Gasteiger partial charge on any atom is -0.507 e. The molecule has 2 N–H and O–H groups in total. The second-order valence-corrected chi connectivity index (χ2v) is 6.46. The van der Waals surface area contributed by atoms with E-state index in [4.69, 9.17) is 4.74 Å². The van der Waals surface area contributed by atoms with Crippen molar-refractivity contribution < 1.29 is 9.84 Å². The van der Waals surface area contributed by atoms with Gasteiger partial charge in [0.2, 0.25) is 11.8 Å². The fourth-order valence-electron chi connectivity index (χ4n) is 3.35. The van der Waals surface area contributed by atoms with Crippen LogP contribution in [0.5, 0.6) is 11.6 Å². The minimum absolute atomic E-state index is 0.0770. The molecule has 2 aromatic heterocycles.